The summed E-state index contributed by atoms with van der Waals surface area (Å²) in [6, 6.07) is 3.38. The molecule has 0 atom stereocenters. The molecule has 0 unspecified atom stereocenters. The van der Waals surface area contributed by atoms with Gasteiger partial charge in [-0.15, -0.1) is 0 Å². The molecule has 0 amide bonds. The van der Waals surface area contributed by atoms with Gasteiger partial charge in [-0.2, -0.15) is 0 Å². The lowest BCUT2D eigenvalue weighted by Gasteiger charge is -2.37. The van der Waals surface area contributed by atoms with Crippen molar-refractivity contribution in [1.82, 2.24) is 0 Å². The minimum Gasteiger partial charge on any atom is -0.508 e. The largest absolute Gasteiger partial charge is 0.508 e. The van der Waals surface area contributed by atoms with Gasteiger partial charge in [0.1, 0.15) is 11.5 Å². The Balaban J connectivity index is 2.72. The molecule has 2 N–H and O–H groups in total. The second kappa shape index (κ2) is 6.75. The molecule has 0 bridgehead atoms. The van der Waals surface area contributed by atoms with Crippen LogP contribution in [0.25, 0.3) is 5.57 Å². The van der Waals surface area contributed by atoms with E-state index in [4.69, 9.17) is 9.47 Å². The molecule has 4 nitrogen and oxygen atoms in total. The first-order valence-corrected chi connectivity index (χ1v) is 8.94. The first kappa shape index (κ1) is 20.5. The number of methoxy groups -OCH3 is 2. The zero-order valence-electron chi connectivity index (χ0n) is 17.2. The standard InChI is InChI=1S/C22H32O4/c1-20(2,3)15-11-14(12-22(13-15,25-7)26-8)16-9-10-17(23)18(19(16)24)21(4,5)6/h9-12,23-24H,13H2,1-8H3. The Morgan fingerprint density at radius 3 is 1.96 bits per heavy atom. The number of hydrogen-bond donors (Lipinski definition) is 2. The summed E-state index contributed by atoms with van der Waals surface area (Å²) < 4.78 is 11.4. The van der Waals surface area contributed by atoms with Gasteiger partial charge in [0, 0.05) is 31.8 Å². The van der Waals surface area contributed by atoms with E-state index in [0.29, 0.717) is 17.5 Å². The van der Waals surface area contributed by atoms with Crippen molar-refractivity contribution in [3.05, 3.63) is 41.0 Å². The number of benzene rings is 1. The lowest BCUT2D eigenvalue weighted by Crippen LogP contribution is -2.36. The summed E-state index contributed by atoms with van der Waals surface area (Å²) >= 11 is 0. The fourth-order valence-corrected chi connectivity index (χ4v) is 3.37. The molecule has 0 saturated heterocycles. The van der Waals surface area contributed by atoms with Crippen molar-refractivity contribution in [2.24, 2.45) is 5.41 Å². The van der Waals surface area contributed by atoms with Crippen molar-refractivity contribution in [1.29, 1.82) is 0 Å². The highest BCUT2D eigenvalue weighted by Gasteiger charge is 2.37. The average molecular weight is 360 g/mol. The summed E-state index contributed by atoms with van der Waals surface area (Å²) in [7, 11) is 3.25. The molecular formula is C22H32O4. The molecule has 0 aliphatic heterocycles. The summed E-state index contributed by atoms with van der Waals surface area (Å²) in [4.78, 5) is 0. The second-order valence-electron chi connectivity index (χ2n) is 9.02. The monoisotopic (exact) mass is 360 g/mol. The molecular weight excluding hydrogens is 328 g/mol. The molecule has 0 saturated carbocycles. The summed E-state index contributed by atoms with van der Waals surface area (Å²) in [5.41, 5.74) is 2.73. The molecule has 0 spiro atoms. The van der Waals surface area contributed by atoms with E-state index in [2.05, 4.69) is 26.8 Å². The lowest BCUT2D eigenvalue weighted by atomic mass is 9.76. The SMILES string of the molecule is COC1(OC)C=C(c2ccc(O)c(C(C)(C)C)c2O)C=C(C(C)(C)C)C1. The number of phenols is 2. The van der Waals surface area contributed by atoms with Gasteiger partial charge < -0.3 is 19.7 Å². The minimum atomic E-state index is -0.876. The Morgan fingerprint density at radius 2 is 1.50 bits per heavy atom. The van der Waals surface area contributed by atoms with Crippen molar-refractivity contribution in [3.8, 4) is 11.5 Å². The molecule has 144 valence electrons. The molecule has 0 fully saturated rings. The third kappa shape index (κ3) is 3.81. The third-order valence-electron chi connectivity index (χ3n) is 5.01. The topological polar surface area (TPSA) is 58.9 Å². The molecule has 1 aromatic rings. The fourth-order valence-electron chi connectivity index (χ4n) is 3.37. The third-order valence-corrected chi connectivity index (χ3v) is 5.01. The molecule has 1 aliphatic rings. The number of rotatable bonds is 3. The Kier molecular flexibility index (Phi) is 5.33. The molecule has 0 heterocycles. The van der Waals surface area contributed by atoms with Crippen molar-refractivity contribution in [2.45, 2.75) is 59.2 Å². The van der Waals surface area contributed by atoms with Crippen LogP contribution in [0, 0.1) is 5.41 Å². The second-order valence-corrected chi connectivity index (χ2v) is 9.02. The van der Waals surface area contributed by atoms with E-state index in [1.54, 1.807) is 26.4 Å². The Hall–Kier alpha value is -1.78. The van der Waals surface area contributed by atoms with Crippen LogP contribution in [0.3, 0.4) is 0 Å². The van der Waals surface area contributed by atoms with E-state index < -0.39 is 11.2 Å². The van der Waals surface area contributed by atoms with Crippen molar-refractivity contribution < 1.29 is 19.7 Å². The fraction of sp³-hybridized carbons (Fsp3) is 0.545. The van der Waals surface area contributed by atoms with E-state index in [1.807, 2.05) is 26.8 Å². The summed E-state index contributed by atoms with van der Waals surface area (Å²) in [6.45, 7) is 12.3. The van der Waals surface area contributed by atoms with Gasteiger partial charge in [-0.1, -0.05) is 53.2 Å². The van der Waals surface area contributed by atoms with Crippen LogP contribution >= 0.6 is 0 Å². The van der Waals surface area contributed by atoms with Gasteiger partial charge in [0.25, 0.3) is 0 Å². The van der Waals surface area contributed by atoms with Gasteiger partial charge in [-0.05, 0) is 34.6 Å². The molecule has 1 aromatic carbocycles. The first-order valence-electron chi connectivity index (χ1n) is 8.94. The van der Waals surface area contributed by atoms with E-state index in [1.165, 1.54) is 5.57 Å². The van der Waals surface area contributed by atoms with Gasteiger partial charge >= 0.3 is 0 Å². The number of aromatic hydroxyl groups is 2. The zero-order chi connectivity index (χ0) is 19.9. The summed E-state index contributed by atoms with van der Waals surface area (Å²) in [5, 5.41) is 21.2. The number of phenolic OH excluding ortho intramolecular Hbond substituents is 2. The zero-order valence-corrected chi connectivity index (χ0v) is 17.2. The molecule has 0 radical (unpaired) electrons. The normalized spacial score (nSPS) is 17.7. The molecule has 0 aromatic heterocycles. The van der Waals surface area contributed by atoms with Gasteiger partial charge in [-0.25, -0.2) is 0 Å². The van der Waals surface area contributed by atoms with E-state index in [0.717, 1.165) is 5.57 Å². The van der Waals surface area contributed by atoms with Crippen LogP contribution in [-0.2, 0) is 14.9 Å². The highest BCUT2D eigenvalue weighted by molar-refractivity contribution is 5.82. The smallest absolute Gasteiger partial charge is 0.191 e. The molecule has 26 heavy (non-hydrogen) atoms. The van der Waals surface area contributed by atoms with E-state index in [-0.39, 0.29) is 16.9 Å². The van der Waals surface area contributed by atoms with Crippen LogP contribution in [0.5, 0.6) is 11.5 Å². The summed E-state index contributed by atoms with van der Waals surface area (Å²) in [5.74, 6) is -0.685. The van der Waals surface area contributed by atoms with Gasteiger partial charge in [0.2, 0.25) is 0 Å². The van der Waals surface area contributed by atoms with Crippen molar-refractivity contribution in [3.63, 3.8) is 0 Å². The Labute approximate surface area is 157 Å². The van der Waals surface area contributed by atoms with Gasteiger partial charge in [0.05, 0.1) is 0 Å². The predicted octanol–water partition coefficient (Wildman–Crippen LogP) is 5.14. The average Bonchev–Trinajstić information content (AvgIpc) is 2.52. The van der Waals surface area contributed by atoms with Crippen LogP contribution in [0.4, 0.5) is 0 Å². The maximum Gasteiger partial charge on any atom is 0.191 e. The quantitative estimate of drug-likeness (QED) is 0.733. The Bertz CT molecular complexity index is 739. The molecule has 2 rings (SSSR count). The minimum absolute atomic E-state index is 0.0682. The van der Waals surface area contributed by atoms with E-state index >= 15 is 0 Å². The van der Waals surface area contributed by atoms with Gasteiger partial charge in [0.15, 0.2) is 5.79 Å². The van der Waals surface area contributed by atoms with Gasteiger partial charge in [-0.3, -0.25) is 0 Å². The summed E-state index contributed by atoms with van der Waals surface area (Å²) in [6.07, 6.45) is 4.62. The maximum absolute atomic E-state index is 11.0. The van der Waals surface area contributed by atoms with Crippen LogP contribution in [-0.4, -0.2) is 30.2 Å². The first-order chi connectivity index (χ1) is 11.8. The number of hydrogen-bond acceptors (Lipinski definition) is 4. The maximum atomic E-state index is 11.0. The van der Waals surface area contributed by atoms with Crippen LogP contribution in [0.1, 0.15) is 59.1 Å². The number of allylic oxidation sites excluding steroid dienone is 2. The molecule has 4 heteroatoms. The highest BCUT2D eigenvalue weighted by Crippen LogP contribution is 2.46. The highest BCUT2D eigenvalue weighted by atomic mass is 16.7. The predicted molar refractivity (Wildman–Crippen MR) is 105 cm³/mol. The number of ether oxygens (including phenoxy) is 2. The van der Waals surface area contributed by atoms with Crippen LogP contribution in [0.2, 0.25) is 0 Å². The Morgan fingerprint density at radius 1 is 0.923 bits per heavy atom. The van der Waals surface area contributed by atoms with E-state index in [9.17, 15) is 10.2 Å². The van der Waals surface area contributed by atoms with Crippen LogP contribution < -0.4 is 0 Å². The lowest BCUT2D eigenvalue weighted by molar-refractivity contribution is -0.170. The molecule has 1 aliphatic carbocycles. The van der Waals surface area contributed by atoms with Crippen molar-refractivity contribution >= 4 is 5.57 Å². The van der Waals surface area contributed by atoms with Crippen molar-refractivity contribution in [2.75, 3.05) is 14.2 Å². The van der Waals surface area contributed by atoms with Crippen LogP contribution in [0.15, 0.2) is 29.9 Å².